The Balaban J connectivity index is 2.04. The van der Waals surface area contributed by atoms with Gasteiger partial charge in [-0.05, 0) is 65.4 Å². The molecule has 0 aliphatic heterocycles. The number of benzene rings is 2. The number of nitrogens with one attached hydrogen (secondary N) is 2. The highest BCUT2D eigenvalue weighted by Crippen LogP contribution is 2.18. The lowest BCUT2D eigenvalue weighted by atomic mass is 10.2. The summed E-state index contributed by atoms with van der Waals surface area (Å²) in [6, 6.07) is 15.3. The quantitative estimate of drug-likeness (QED) is 0.757. The third-order valence-electron chi connectivity index (χ3n) is 2.85. The van der Waals surface area contributed by atoms with Gasteiger partial charge in [-0.2, -0.15) is 0 Å². The molecule has 0 aromatic heterocycles. The predicted octanol–water partition coefficient (Wildman–Crippen LogP) is 4.37. The lowest BCUT2D eigenvalue weighted by molar-refractivity contribution is 0.102. The van der Waals surface area contributed by atoms with Gasteiger partial charge < -0.3 is 10.6 Å². The molecule has 0 spiro atoms. The number of amides is 1. The Kier molecular flexibility index (Phi) is 5.40. The summed E-state index contributed by atoms with van der Waals surface area (Å²) < 4.78 is 1.03. The first-order chi connectivity index (χ1) is 9.70. The third kappa shape index (κ3) is 3.96. The second-order valence-corrected chi connectivity index (χ2v) is 5.60. The first kappa shape index (κ1) is 14.8. The van der Waals surface area contributed by atoms with Crippen LogP contribution in [0, 0.1) is 3.57 Å². The maximum Gasteiger partial charge on any atom is 0.255 e. The molecule has 4 heteroatoms. The normalized spacial score (nSPS) is 10.1. The van der Waals surface area contributed by atoms with Crippen molar-refractivity contribution in [1.29, 1.82) is 0 Å². The van der Waals surface area contributed by atoms with Crippen molar-refractivity contribution in [3.8, 4) is 0 Å². The fourth-order valence-corrected chi connectivity index (χ4v) is 2.29. The molecule has 2 rings (SSSR count). The minimum atomic E-state index is -0.0869. The van der Waals surface area contributed by atoms with E-state index >= 15 is 0 Å². The fraction of sp³-hybridized carbons (Fsp3) is 0.188. The topological polar surface area (TPSA) is 41.1 Å². The van der Waals surface area contributed by atoms with Gasteiger partial charge in [-0.15, -0.1) is 0 Å². The highest BCUT2D eigenvalue weighted by Gasteiger charge is 2.07. The molecule has 0 unspecified atom stereocenters. The average molecular weight is 380 g/mol. The zero-order chi connectivity index (χ0) is 14.4. The smallest absolute Gasteiger partial charge is 0.255 e. The summed E-state index contributed by atoms with van der Waals surface area (Å²) in [5, 5.41) is 6.21. The summed E-state index contributed by atoms with van der Waals surface area (Å²) in [7, 11) is 0. The molecule has 3 nitrogen and oxygen atoms in total. The molecule has 2 aromatic carbocycles. The second kappa shape index (κ2) is 7.28. The molecular weight excluding hydrogens is 363 g/mol. The SMILES string of the molecule is CCCNc1ccc(C(=O)Nc2ccccc2I)cc1. The van der Waals surface area contributed by atoms with Crippen LogP contribution in [-0.2, 0) is 0 Å². The number of rotatable bonds is 5. The van der Waals surface area contributed by atoms with E-state index in [1.165, 1.54) is 0 Å². The fourth-order valence-electron chi connectivity index (χ4n) is 1.77. The minimum Gasteiger partial charge on any atom is -0.385 e. The van der Waals surface area contributed by atoms with Crippen molar-refractivity contribution < 1.29 is 4.79 Å². The summed E-state index contributed by atoms with van der Waals surface area (Å²) in [5.41, 5.74) is 2.54. The standard InChI is InChI=1S/C16H17IN2O/c1-2-11-18-13-9-7-12(8-10-13)16(20)19-15-6-4-3-5-14(15)17/h3-10,18H,2,11H2,1H3,(H,19,20). The lowest BCUT2D eigenvalue weighted by Gasteiger charge is -2.08. The van der Waals surface area contributed by atoms with Crippen molar-refractivity contribution in [2.24, 2.45) is 0 Å². The van der Waals surface area contributed by atoms with E-state index in [1.54, 1.807) is 0 Å². The molecular formula is C16H17IN2O. The van der Waals surface area contributed by atoms with E-state index in [2.05, 4.69) is 40.1 Å². The highest BCUT2D eigenvalue weighted by atomic mass is 127. The van der Waals surface area contributed by atoms with E-state index in [4.69, 9.17) is 0 Å². The maximum absolute atomic E-state index is 12.2. The van der Waals surface area contributed by atoms with Gasteiger partial charge in [0.2, 0.25) is 0 Å². The molecule has 2 aromatic rings. The molecule has 0 aliphatic carbocycles. The largest absolute Gasteiger partial charge is 0.385 e. The van der Waals surface area contributed by atoms with Crippen molar-refractivity contribution in [3.63, 3.8) is 0 Å². The maximum atomic E-state index is 12.2. The van der Waals surface area contributed by atoms with Gasteiger partial charge in [-0.1, -0.05) is 19.1 Å². The van der Waals surface area contributed by atoms with Gasteiger partial charge in [0.05, 0.1) is 5.69 Å². The number of carbonyl (C=O) groups is 1. The number of hydrogen-bond acceptors (Lipinski definition) is 2. The summed E-state index contributed by atoms with van der Waals surface area (Å²) in [4.78, 5) is 12.2. The molecule has 0 radical (unpaired) electrons. The van der Waals surface area contributed by atoms with Crippen LogP contribution in [-0.4, -0.2) is 12.5 Å². The van der Waals surface area contributed by atoms with Gasteiger partial charge in [0.25, 0.3) is 5.91 Å². The van der Waals surface area contributed by atoms with Crippen LogP contribution in [0.4, 0.5) is 11.4 Å². The van der Waals surface area contributed by atoms with Gasteiger partial charge in [0.1, 0.15) is 0 Å². The van der Waals surface area contributed by atoms with Crippen LogP contribution in [0.1, 0.15) is 23.7 Å². The monoisotopic (exact) mass is 380 g/mol. The molecule has 0 atom stereocenters. The molecule has 0 saturated carbocycles. The summed E-state index contributed by atoms with van der Waals surface area (Å²) in [6.45, 7) is 3.06. The van der Waals surface area contributed by atoms with Gasteiger partial charge in [0.15, 0.2) is 0 Å². The Morgan fingerprint density at radius 1 is 1.10 bits per heavy atom. The predicted molar refractivity (Wildman–Crippen MR) is 92.3 cm³/mol. The number of carbonyl (C=O) groups excluding carboxylic acids is 1. The summed E-state index contributed by atoms with van der Waals surface area (Å²) in [6.07, 6.45) is 1.08. The van der Waals surface area contributed by atoms with E-state index in [0.717, 1.165) is 27.9 Å². The van der Waals surface area contributed by atoms with Crippen molar-refractivity contribution in [2.45, 2.75) is 13.3 Å². The average Bonchev–Trinajstić information content (AvgIpc) is 2.48. The third-order valence-corrected chi connectivity index (χ3v) is 3.79. The summed E-state index contributed by atoms with van der Waals surface area (Å²) in [5.74, 6) is -0.0869. The number of para-hydroxylation sites is 1. The number of anilines is 2. The van der Waals surface area contributed by atoms with Crippen molar-refractivity contribution >= 4 is 39.9 Å². The molecule has 0 aliphatic rings. The van der Waals surface area contributed by atoms with E-state index < -0.39 is 0 Å². The van der Waals surface area contributed by atoms with Crippen LogP contribution in [0.2, 0.25) is 0 Å². The second-order valence-electron chi connectivity index (χ2n) is 4.44. The van der Waals surface area contributed by atoms with Gasteiger partial charge in [0, 0.05) is 21.4 Å². The van der Waals surface area contributed by atoms with E-state index in [0.29, 0.717) is 5.56 Å². The Hall–Kier alpha value is -1.56. The zero-order valence-corrected chi connectivity index (χ0v) is 13.5. The lowest BCUT2D eigenvalue weighted by Crippen LogP contribution is -2.12. The Morgan fingerprint density at radius 3 is 2.45 bits per heavy atom. The van der Waals surface area contributed by atoms with Gasteiger partial charge in [-0.25, -0.2) is 0 Å². The van der Waals surface area contributed by atoms with E-state index in [1.807, 2.05) is 48.5 Å². The Labute approximate surface area is 132 Å². The van der Waals surface area contributed by atoms with E-state index in [-0.39, 0.29) is 5.91 Å². The van der Waals surface area contributed by atoms with Crippen LogP contribution in [0.25, 0.3) is 0 Å². The van der Waals surface area contributed by atoms with Crippen LogP contribution in [0.5, 0.6) is 0 Å². The van der Waals surface area contributed by atoms with Crippen LogP contribution in [0.15, 0.2) is 48.5 Å². The van der Waals surface area contributed by atoms with Crippen LogP contribution in [0.3, 0.4) is 0 Å². The molecule has 20 heavy (non-hydrogen) atoms. The van der Waals surface area contributed by atoms with Crippen molar-refractivity contribution in [2.75, 3.05) is 17.2 Å². The molecule has 2 N–H and O–H groups in total. The highest BCUT2D eigenvalue weighted by molar-refractivity contribution is 14.1. The molecule has 0 fully saturated rings. The van der Waals surface area contributed by atoms with E-state index in [9.17, 15) is 4.79 Å². The first-order valence-electron chi connectivity index (χ1n) is 6.60. The molecule has 0 saturated heterocycles. The van der Waals surface area contributed by atoms with Crippen molar-refractivity contribution in [1.82, 2.24) is 0 Å². The van der Waals surface area contributed by atoms with Crippen LogP contribution < -0.4 is 10.6 Å². The Morgan fingerprint density at radius 2 is 1.80 bits per heavy atom. The first-order valence-corrected chi connectivity index (χ1v) is 7.68. The van der Waals surface area contributed by atoms with Gasteiger partial charge >= 0.3 is 0 Å². The Bertz CT molecular complexity index is 581. The van der Waals surface area contributed by atoms with Crippen LogP contribution >= 0.6 is 22.6 Å². The number of hydrogen-bond donors (Lipinski definition) is 2. The zero-order valence-electron chi connectivity index (χ0n) is 11.3. The molecule has 104 valence electrons. The number of halogens is 1. The molecule has 1 amide bonds. The minimum absolute atomic E-state index is 0.0869. The van der Waals surface area contributed by atoms with Crippen molar-refractivity contribution in [3.05, 3.63) is 57.7 Å². The summed E-state index contributed by atoms with van der Waals surface area (Å²) >= 11 is 2.21. The molecule has 0 heterocycles. The van der Waals surface area contributed by atoms with Gasteiger partial charge in [-0.3, -0.25) is 4.79 Å². The molecule has 0 bridgehead atoms.